The van der Waals surface area contributed by atoms with Gasteiger partial charge in [-0.25, -0.2) is 0 Å². The van der Waals surface area contributed by atoms with E-state index in [9.17, 15) is 4.79 Å². The van der Waals surface area contributed by atoms with Gasteiger partial charge in [-0.05, 0) is 11.1 Å². The van der Waals surface area contributed by atoms with Crippen LogP contribution in [-0.4, -0.2) is 12.6 Å². The van der Waals surface area contributed by atoms with Crippen LogP contribution in [0.3, 0.4) is 0 Å². The van der Waals surface area contributed by atoms with Crippen LogP contribution in [-0.2, 0) is 9.53 Å². The van der Waals surface area contributed by atoms with Gasteiger partial charge in [-0.3, -0.25) is 4.79 Å². The molecule has 0 aliphatic carbocycles. The highest BCUT2D eigenvalue weighted by molar-refractivity contribution is 5.67. The highest BCUT2D eigenvalue weighted by Crippen LogP contribution is 2.14. The molecule has 0 N–H and O–H groups in total. The monoisotopic (exact) mass is 190 g/mol. The van der Waals surface area contributed by atoms with Gasteiger partial charge in [-0.2, -0.15) is 0 Å². The van der Waals surface area contributed by atoms with Crippen LogP contribution < -0.4 is 0 Å². The quantitative estimate of drug-likeness (QED) is 0.682. The Kier molecular flexibility index (Phi) is 3.92. The Labute approximate surface area is 84.2 Å². The normalized spacial score (nSPS) is 9.50. The maximum Gasteiger partial charge on any atom is 0.302 e. The van der Waals surface area contributed by atoms with Crippen LogP contribution in [0.1, 0.15) is 18.9 Å². The van der Waals surface area contributed by atoms with Crippen molar-refractivity contribution in [2.45, 2.75) is 13.3 Å². The highest BCUT2D eigenvalue weighted by atomic mass is 16.5. The summed E-state index contributed by atoms with van der Waals surface area (Å²) < 4.78 is 4.83. The Bertz CT molecular complexity index is 314. The molecule has 2 heteroatoms. The van der Waals surface area contributed by atoms with Crippen LogP contribution in [0, 0.1) is 0 Å². The van der Waals surface area contributed by atoms with Gasteiger partial charge in [0.15, 0.2) is 0 Å². The molecule has 0 aliphatic heterocycles. The lowest BCUT2D eigenvalue weighted by atomic mass is 10.1. The second-order valence-electron chi connectivity index (χ2n) is 3.06. The smallest absolute Gasteiger partial charge is 0.302 e. The van der Waals surface area contributed by atoms with Crippen molar-refractivity contribution in [2.75, 3.05) is 6.61 Å². The second kappa shape index (κ2) is 5.22. The van der Waals surface area contributed by atoms with Gasteiger partial charge in [0.25, 0.3) is 0 Å². The van der Waals surface area contributed by atoms with Crippen LogP contribution in [0.25, 0.3) is 5.57 Å². The summed E-state index contributed by atoms with van der Waals surface area (Å²) >= 11 is 0. The lowest BCUT2D eigenvalue weighted by molar-refractivity contribution is -0.140. The van der Waals surface area contributed by atoms with Crippen molar-refractivity contribution < 1.29 is 9.53 Å². The van der Waals surface area contributed by atoms with Crippen LogP contribution in [0.2, 0.25) is 0 Å². The summed E-state index contributed by atoms with van der Waals surface area (Å²) in [5, 5.41) is 0. The van der Waals surface area contributed by atoms with Crippen LogP contribution in [0.15, 0.2) is 36.9 Å². The Morgan fingerprint density at radius 2 is 2.00 bits per heavy atom. The fourth-order valence-corrected chi connectivity index (χ4v) is 1.14. The number of hydrogen-bond donors (Lipinski definition) is 0. The van der Waals surface area contributed by atoms with Gasteiger partial charge in [0.05, 0.1) is 6.61 Å². The van der Waals surface area contributed by atoms with E-state index in [1.807, 2.05) is 30.3 Å². The van der Waals surface area contributed by atoms with E-state index in [2.05, 4.69) is 6.58 Å². The first-order valence-corrected chi connectivity index (χ1v) is 4.56. The van der Waals surface area contributed by atoms with Gasteiger partial charge in [0, 0.05) is 13.3 Å². The summed E-state index contributed by atoms with van der Waals surface area (Å²) in [6.45, 7) is 5.74. The third kappa shape index (κ3) is 3.44. The second-order valence-corrected chi connectivity index (χ2v) is 3.06. The number of esters is 1. The van der Waals surface area contributed by atoms with Crippen LogP contribution >= 0.6 is 0 Å². The molecule has 14 heavy (non-hydrogen) atoms. The van der Waals surface area contributed by atoms with E-state index in [0.29, 0.717) is 13.0 Å². The van der Waals surface area contributed by atoms with Crippen molar-refractivity contribution in [1.29, 1.82) is 0 Å². The molecular weight excluding hydrogens is 176 g/mol. The number of carbonyl (C=O) groups excluding carboxylic acids is 1. The molecule has 0 saturated carbocycles. The topological polar surface area (TPSA) is 26.3 Å². The van der Waals surface area contributed by atoms with Crippen molar-refractivity contribution in [3.63, 3.8) is 0 Å². The molecule has 1 aromatic rings. The van der Waals surface area contributed by atoms with Gasteiger partial charge < -0.3 is 4.74 Å². The Morgan fingerprint density at radius 3 is 2.57 bits per heavy atom. The van der Waals surface area contributed by atoms with E-state index >= 15 is 0 Å². The van der Waals surface area contributed by atoms with Gasteiger partial charge in [0.1, 0.15) is 0 Å². The predicted octanol–water partition coefficient (Wildman–Crippen LogP) is 2.65. The molecule has 0 spiro atoms. The molecular formula is C12H14O2. The third-order valence-corrected chi connectivity index (χ3v) is 1.89. The van der Waals surface area contributed by atoms with Gasteiger partial charge in [-0.15, -0.1) is 0 Å². The summed E-state index contributed by atoms with van der Waals surface area (Å²) in [4.78, 5) is 10.5. The molecule has 2 nitrogen and oxygen atoms in total. The molecule has 1 rings (SSSR count). The first-order chi connectivity index (χ1) is 6.70. The Hall–Kier alpha value is -1.57. The lowest BCUT2D eigenvalue weighted by Gasteiger charge is -2.05. The van der Waals surface area contributed by atoms with Crippen LogP contribution in [0.5, 0.6) is 0 Å². The molecule has 0 unspecified atom stereocenters. The average molecular weight is 190 g/mol. The predicted molar refractivity (Wildman–Crippen MR) is 56.7 cm³/mol. The SMILES string of the molecule is C=C(CCOC(C)=O)c1ccccc1. The summed E-state index contributed by atoms with van der Waals surface area (Å²) in [5.41, 5.74) is 2.09. The van der Waals surface area contributed by atoms with Crippen LogP contribution in [0.4, 0.5) is 0 Å². The largest absolute Gasteiger partial charge is 0.466 e. The zero-order valence-corrected chi connectivity index (χ0v) is 8.32. The van der Waals surface area contributed by atoms with Crippen molar-refractivity contribution >= 4 is 11.5 Å². The van der Waals surface area contributed by atoms with E-state index in [0.717, 1.165) is 11.1 Å². The Morgan fingerprint density at radius 1 is 1.36 bits per heavy atom. The van der Waals surface area contributed by atoms with E-state index in [1.165, 1.54) is 6.92 Å². The number of hydrogen-bond acceptors (Lipinski definition) is 2. The van der Waals surface area contributed by atoms with Crippen molar-refractivity contribution in [3.8, 4) is 0 Å². The molecule has 0 atom stereocenters. The molecule has 74 valence electrons. The Balaban J connectivity index is 2.40. The lowest BCUT2D eigenvalue weighted by Crippen LogP contribution is -2.00. The highest BCUT2D eigenvalue weighted by Gasteiger charge is 1.99. The molecule has 0 amide bonds. The van der Waals surface area contributed by atoms with E-state index < -0.39 is 0 Å². The van der Waals surface area contributed by atoms with E-state index in [1.54, 1.807) is 0 Å². The number of carbonyl (C=O) groups is 1. The summed E-state index contributed by atoms with van der Waals surface area (Å²) in [6, 6.07) is 9.88. The van der Waals surface area contributed by atoms with Crippen molar-refractivity contribution in [3.05, 3.63) is 42.5 Å². The minimum Gasteiger partial charge on any atom is -0.466 e. The number of rotatable bonds is 4. The summed E-state index contributed by atoms with van der Waals surface area (Å²) in [7, 11) is 0. The maximum atomic E-state index is 10.5. The molecule has 0 aliphatic rings. The van der Waals surface area contributed by atoms with Gasteiger partial charge in [-0.1, -0.05) is 36.9 Å². The zero-order valence-electron chi connectivity index (χ0n) is 8.32. The molecule has 1 aromatic carbocycles. The minimum absolute atomic E-state index is 0.245. The third-order valence-electron chi connectivity index (χ3n) is 1.89. The molecule has 0 aromatic heterocycles. The molecule has 0 fully saturated rings. The maximum absolute atomic E-state index is 10.5. The van der Waals surface area contributed by atoms with E-state index in [4.69, 9.17) is 4.74 Å². The van der Waals surface area contributed by atoms with Crippen molar-refractivity contribution in [1.82, 2.24) is 0 Å². The summed E-state index contributed by atoms with van der Waals surface area (Å²) in [6.07, 6.45) is 0.684. The number of ether oxygens (including phenoxy) is 1. The zero-order chi connectivity index (χ0) is 10.4. The fraction of sp³-hybridized carbons (Fsp3) is 0.250. The molecule has 0 saturated heterocycles. The van der Waals surface area contributed by atoms with Gasteiger partial charge in [0.2, 0.25) is 0 Å². The molecule has 0 radical (unpaired) electrons. The number of benzene rings is 1. The first-order valence-electron chi connectivity index (χ1n) is 4.56. The standard InChI is InChI=1S/C12H14O2/c1-10(8-9-14-11(2)13)12-6-4-3-5-7-12/h3-7H,1,8-9H2,2H3. The van der Waals surface area contributed by atoms with E-state index in [-0.39, 0.29) is 5.97 Å². The van der Waals surface area contributed by atoms with Crippen molar-refractivity contribution in [2.24, 2.45) is 0 Å². The van der Waals surface area contributed by atoms with Gasteiger partial charge >= 0.3 is 5.97 Å². The summed E-state index contributed by atoms with van der Waals surface area (Å²) in [5.74, 6) is -0.245. The molecule has 0 heterocycles. The average Bonchev–Trinajstić information content (AvgIpc) is 2.18. The first kappa shape index (κ1) is 10.5. The fourth-order valence-electron chi connectivity index (χ4n) is 1.14. The minimum atomic E-state index is -0.245. The molecule has 0 bridgehead atoms.